The molecule has 0 spiro atoms. The fraction of sp³-hybridized carbons (Fsp3) is 0.375. The van der Waals surface area contributed by atoms with Crippen LogP contribution in [0.2, 0.25) is 0 Å². The van der Waals surface area contributed by atoms with Crippen LogP contribution < -0.4 is 5.32 Å². The van der Waals surface area contributed by atoms with E-state index < -0.39 is 15.9 Å². The second-order valence-corrected chi connectivity index (χ2v) is 8.44. The van der Waals surface area contributed by atoms with E-state index in [1.807, 2.05) is 0 Å². The Morgan fingerprint density at radius 3 is 2.77 bits per heavy atom. The number of hydrogen-bond acceptors (Lipinski definition) is 7. The van der Waals surface area contributed by atoms with Gasteiger partial charge in [0.25, 0.3) is 0 Å². The van der Waals surface area contributed by atoms with Gasteiger partial charge in [-0.25, -0.2) is 23.2 Å². The van der Waals surface area contributed by atoms with E-state index in [2.05, 4.69) is 20.3 Å². The molecule has 0 bridgehead atoms. The summed E-state index contributed by atoms with van der Waals surface area (Å²) < 4.78 is 22.8. The third-order valence-corrected chi connectivity index (χ3v) is 4.86. The molecule has 0 fully saturated rings. The highest BCUT2D eigenvalue weighted by Gasteiger charge is 2.21. The molecule has 1 aliphatic rings. The highest BCUT2D eigenvalue weighted by atomic mass is 32.2. The normalized spacial score (nSPS) is 14.0. The van der Waals surface area contributed by atoms with E-state index in [9.17, 15) is 13.2 Å². The maximum atomic E-state index is 11.4. The second kappa shape index (κ2) is 6.87. The lowest BCUT2D eigenvalue weighted by Crippen LogP contribution is -2.35. The lowest BCUT2D eigenvalue weighted by atomic mass is 10.1. The molecule has 3 rings (SSSR count). The Morgan fingerprint density at radius 2 is 2.12 bits per heavy atom. The number of amides is 1. The molecule has 0 aromatic carbocycles. The van der Waals surface area contributed by atoms with Crippen LogP contribution in [0.15, 0.2) is 18.5 Å². The van der Waals surface area contributed by atoms with E-state index in [1.165, 1.54) is 17.4 Å². The minimum absolute atomic E-state index is 0.112. The van der Waals surface area contributed by atoms with Crippen LogP contribution in [0, 0.1) is 6.92 Å². The van der Waals surface area contributed by atoms with Crippen molar-refractivity contribution in [2.75, 3.05) is 18.1 Å². The summed E-state index contributed by atoms with van der Waals surface area (Å²) in [6.07, 6.45) is 4.01. The summed E-state index contributed by atoms with van der Waals surface area (Å²) >= 11 is 0. The third-order valence-electron chi connectivity index (χ3n) is 4.06. The van der Waals surface area contributed by atoms with Gasteiger partial charge in [0.15, 0.2) is 9.84 Å². The lowest BCUT2D eigenvalue weighted by molar-refractivity contribution is 0.139. The van der Waals surface area contributed by atoms with Crippen molar-refractivity contribution < 1.29 is 18.3 Å². The van der Waals surface area contributed by atoms with Crippen LogP contribution in [-0.2, 0) is 28.6 Å². The molecule has 3 heterocycles. The van der Waals surface area contributed by atoms with Gasteiger partial charge in [-0.2, -0.15) is 0 Å². The summed E-state index contributed by atoms with van der Waals surface area (Å²) in [6, 6.07) is 1.78. The van der Waals surface area contributed by atoms with Gasteiger partial charge in [-0.3, -0.25) is 4.98 Å². The number of anilines is 2. The monoisotopic (exact) mass is 377 g/mol. The molecule has 2 aromatic heterocycles. The van der Waals surface area contributed by atoms with Gasteiger partial charge < -0.3 is 15.3 Å². The van der Waals surface area contributed by atoms with Crippen molar-refractivity contribution in [2.45, 2.75) is 25.6 Å². The zero-order valence-corrected chi connectivity index (χ0v) is 15.2. The summed E-state index contributed by atoms with van der Waals surface area (Å²) in [4.78, 5) is 25.3. The Balaban J connectivity index is 1.78. The van der Waals surface area contributed by atoms with Crippen molar-refractivity contribution in [1.29, 1.82) is 0 Å². The maximum absolute atomic E-state index is 11.4. The first-order valence-corrected chi connectivity index (χ1v) is 10.0. The van der Waals surface area contributed by atoms with Gasteiger partial charge in [-0.15, -0.1) is 0 Å². The number of hydrogen-bond donors (Lipinski definition) is 2. The van der Waals surface area contributed by atoms with Crippen molar-refractivity contribution in [3.63, 3.8) is 0 Å². The van der Waals surface area contributed by atoms with Crippen molar-refractivity contribution in [3.8, 4) is 0 Å². The molecular weight excluding hydrogens is 358 g/mol. The Bertz CT molecular complexity index is 961. The number of nitrogens with one attached hydrogen (secondary N) is 1. The highest BCUT2D eigenvalue weighted by Crippen LogP contribution is 2.21. The lowest BCUT2D eigenvalue weighted by Gasteiger charge is -2.25. The van der Waals surface area contributed by atoms with Gasteiger partial charge in [0.2, 0.25) is 5.95 Å². The van der Waals surface area contributed by atoms with E-state index in [0.29, 0.717) is 36.0 Å². The van der Waals surface area contributed by atoms with Crippen molar-refractivity contribution >= 4 is 27.6 Å². The summed E-state index contributed by atoms with van der Waals surface area (Å²) in [5, 5.41) is 12.2. The van der Waals surface area contributed by atoms with Crippen molar-refractivity contribution in [1.82, 2.24) is 19.9 Å². The second-order valence-electron chi connectivity index (χ2n) is 6.30. The van der Waals surface area contributed by atoms with Gasteiger partial charge in [-0.1, -0.05) is 0 Å². The Hall–Kier alpha value is -2.75. The molecule has 10 heteroatoms. The van der Waals surface area contributed by atoms with E-state index in [4.69, 9.17) is 5.11 Å². The molecule has 1 amide bonds. The molecule has 0 saturated heterocycles. The SMILES string of the molecule is Cc1cc(Nc2ncc3c(n2)CN(C(=O)O)CC3)cnc1CS(C)(=O)=O. The zero-order chi connectivity index (χ0) is 18.9. The molecule has 26 heavy (non-hydrogen) atoms. The first kappa shape index (κ1) is 18.1. The minimum atomic E-state index is -3.15. The van der Waals surface area contributed by atoms with E-state index in [-0.39, 0.29) is 12.3 Å². The highest BCUT2D eigenvalue weighted by molar-refractivity contribution is 7.89. The molecule has 9 nitrogen and oxygen atoms in total. The standard InChI is InChI=1S/C16H19N5O4S/c1-10-5-12(7-17-14(10)9-26(2,24)25)19-15-18-6-11-3-4-21(16(22)23)8-13(11)20-15/h5-7H,3-4,8-9H2,1-2H3,(H,22,23)(H,18,19,20). The van der Waals surface area contributed by atoms with Crippen LogP contribution in [0.3, 0.4) is 0 Å². The van der Waals surface area contributed by atoms with Gasteiger partial charge in [0, 0.05) is 19.0 Å². The van der Waals surface area contributed by atoms with Crippen molar-refractivity contribution in [3.05, 3.63) is 41.0 Å². The Labute approximate surface area is 151 Å². The van der Waals surface area contributed by atoms with Gasteiger partial charge >= 0.3 is 6.09 Å². The molecular formula is C16H19N5O4S. The van der Waals surface area contributed by atoms with E-state index in [1.54, 1.807) is 19.2 Å². The molecule has 0 aliphatic carbocycles. The minimum Gasteiger partial charge on any atom is -0.465 e. The van der Waals surface area contributed by atoms with Crippen LogP contribution in [0.5, 0.6) is 0 Å². The van der Waals surface area contributed by atoms with Crippen molar-refractivity contribution in [2.24, 2.45) is 0 Å². The Kier molecular flexibility index (Phi) is 4.77. The number of sulfone groups is 1. The largest absolute Gasteiger partial charge is 0.465 e. The molecule has 0 radical (unpaired) electrons. The molecule has 2 aromatic rings. The van der Waals surface area contributed by atoms with Crippen LogP contribution in [0.25, 0.3) is 0 Å². The first-order valence-electron chi connectivity index (χ1n) is 7.94. The fourth-order valence-electron chi connectivity index (χ4n) is 2.73. The predicted molar refractivity (Wildman–Crippen MR) is 95.0 cm³/mol. The van der Waals surface area contributed by atoms with Crippen LogP contribution in [-0.4, -0.2) is 52.3 Å². The number of carbonyl (C=O) groups is 1. The fourth-order valence-corrected chi connectivity index (χ4v) is 3.53. The number of aryl methyl sites for hydroxylation is 1. The zero-order valence-electron chi connectivity index (χ0n) is 14.4. The number of aromatic nitrogens is 3. The number of nitrogens with zero attached hydrogens (tertiary/aromatic N) is 4. The van der Waals surface area contributed by atoms with Crippen LogP contribution in [0.4, 0.5) is 16.4 Å². The molecule has 0 saturated carbocycles. The summed E-state index contributed by atoms with van der Waals surface area (Å²) in [6.45, 7) is 2.45. The average molecular weight is 377 g/mol. The summed E-state index contributed by atoms with van der Waals surface area (Å²) in [5.41, 5.74) is 3.49. The average Bonchev–Trinajstić information content (AvgIpc) is 2.55. The Morgan fingerprint density at radius 1 is 1.35 bits per heavy atom. The molecule has 1 aliphatic heterocycles. The number of carboxylic acid groups (broad SMARTS) is 1. The van der Waals surface area contributed by atoms with Crippen LogP contribution >= 0.6 is 0 Å². The summed E-state index contributed by atoms with van der Waals surface area (Å²) in [5.74, 6) is 0.229. The first-order chi connectivity index (χ1) is 12.2. The quantitative estimate of drug-likeness (QED) is 0.821. The van der Waals surface area contributed by atoms with Gasteiger partial charge in [0.05, 0.1) is 35.6 Å². The van der Waals surface area contributed by atoms with Gasteiger partial charge in [-0.05, 0) is 30.5 Å². The maximum Gasteiger partial charge on any atom is 0.407 e. The number of pyridine rings is 1. The topological polar surface area (TPSA) is 125 Å². The molecule has 2 N–H and O–H groups in total. The third kappa shape index (κ3) is 4.26. The predicted octanol–water partition coefficient (Wildman–Crippen LogP) is 1.50. The smallest absolute Gasteiger partial charge is 0.407 e. The summed E-state index contributed by atoms with van der Waals surface area (Å²) in [7, 11) is -3.15. The molecule has 0 atom stereocenters. The number of rotatable bonds is 4. The number of fused-ring (bicyclic) bond motifs is 1. The van der Waals surface area contributed by atoms with Crippen LogP contribution in [0.1, 0.15) is 22.5 Å². The van der Waals surface area contributed by atoms with Gasteiger partial charge in [0.1, 0.15) is 0 Å². The van der Waals surface area contributed by atoms with E-state index >= 15 is 0 Å². The molecule has 0 unspecified atom stereocenters. The molecule has 138 valence electrons. The van der Waals surface area contributed by atoms with E-state index in [0.717, 1.165) is 11.1 Å².